The standard InChI is InChI=1S/C13H27NO2/c1-2-3-4-7-12-10-16-11-13(14-12)8-5-6-9-15/h12-15H,2-11H2,1H3. The molecule has 0 bridgehead atoms. The molecule has 0 aromatic heterocycles. The van der Waals surface area contributed by atoms with Gasteiger partial charge in [0.1, 0.15) is 0 Å². The van der Waals surface area contributed by atoms with Crippen LogP contribution in [0.4, 0.5) is 0 Å². The first kappa shape index (κ1) is 13.9. The SMILES string of the molecule is CCCCCC1COCC(CCCCO)N1. The molecule has 1 rings (SSSR count). The van der Waals surface area contributed by atoms with Crippen LogP contribution in [-0.4, -0.2) is 37.0 Å². The van der Waals surface area contributed by atoms with Gasteiger partial charge >= 0.3 is 0 Å². The molecule has 1 heterocycles. The molecule has 2 N–H and O–H groups in total. The molecule has 1 saturated heterocycles. The maximum absolute atomic E-state index is 8.74. The molecule has 3 heteroatoms. The average molecular weight is 229 g/mol. The van der Waals surface area contributed by atoms with Gasteiger partial charge in [0.2, 0.25) is 0 Å². The predicted molar refractivity (Wildman–Crippen MR) is 66.6 cm³/mol. The summed E-state index contributed by atoms with van der Waals surface area (Å²) < 4.78 is 5.63. The van der Waals surface area contributed by atoms with Crippen LogP contribution < -0.4 is 5.32 Å². The maximum atomic E-state index is 8.74. The van der Waals surface area contributed by atoms with Crippen LogP contribution in [0.15, 0.2) is 0 Å². The first-order valence-corrected chi connectivity index (χ1v) is 6.81. The lowest BCUT2D eigenvalue weighted by Gasteiger charge is -2.31. The van der Waals surface area contributed by atoms with E-state index in [0.29, 0.717) is 18.7 Å². The summed E-state index contributed by atoms with van der Waals surface area (Å²) in [5.41, 5.74) is 0. The van der Waals surface area contributed by atoms with Gasteiger partial charge in [0, 0.05) is 18.7 Å². The van der Waals surface area contributed by atoms with E-state index >= 15 is 0 Å². The van der Waals surface area contributed by atoms with Gasteiger partial charge in [0.15, 0.2) is 0 Å². The summed E-state index contributed by atoms with van der Waals surface area (Å²) in [4.78, 5) is 0. The fourth-order valence-electron chi connectivity index (χ4n) is 2.26. The van der Waals surface area contributed by atoms with Crippen molar-refractivity contribution in [1.82, 2.24) is 5.32 Å². The van der Waals surface area contributed by atoms with Crippen LogP contribution in [0.1, 0.15) is 51.9 Å². The molecule has 1 aliphatic heterocycles. The zero-order chi connectivity index (χ0) is 11.6. The van der Waals surface area contributed by atoms with E-state index in [4.69, 9.17) is 9.84 Å². The smallest absolute Gasteiger partial charge is 0.0620 e. The van der Waals surface area contributed by atoms with Crippen LogP contribution in [0.25, 0.3) is 0 Å². The van der Waals surface area contributed by atoms with Gasteiger partial charge < -0.3 is 15.2 Å². The normalized spacial score (nSPS) is 25.9. The summed E-state index contributed by atoms with van der Waals surface area (Å²) in [6, 6.07) is 1.06. The van der Waals surface area contributed by atoms with Crippen LogP contribution in [0.2, 0.25) is 0 Å². The third kappa shape index (κ3) is 5.83. The number of morpholine rings is 1. The number of hydrogen-bond acceptors (Lipinski definition) is 3. The fourth-order valence-corrected chi connectivity index (χ4v) is 2.26. The predicted octanol–water partition coefficient (Wildman–Crippen LogP) is 2.09. The minimum absolute atomic E-state index is 0.313. The van der Waals surface area contributed by atoms with E-state index in [1.807, 2.05) is 0 Å². The second kappa shape index (κ2) is 8.97. The molecule has 1 fully saturated rings. The van der Waals surface area contributed by atoms with Crippen LogP contribution in [-0.2, 0) is 4.74 Å². The van der Waals surface area contributed by atoms with Gasteiger partial charge in [0.05, 0.1) is 13.2 Å². The Hall–Kier alpha value is -0.120. The number of ether oxygens (including phenoxy) is 1. The number of nitrogens with one attached hydrogen (secondary N) is 1. The lowest BCUT2D eigenvalue weighted by molar-refractivity contribution is 0.0389. The average Bonchev–Trinajstić information content (AvgIpc) is 2.30. The molecule has 0 spiro atoms. The first-order valence-electron chi connectivity index (χ1n) is 6.81. The summed E-state index contributed by atoms with van der Waals surface area (Å²) in [6.07, 6.45) is 8.30. The fraction of sp³-hybridized carbons (Fsp3) is 1.00. The number of rotatable bonds is 8. The number of hydrogen-bond donors (Lipinski definition) is 2. The van der Waals surface area contributed by atoms with E-state index in [1.54, 1.807) is 0 Å². The third-order valence-corrected chi connectivity index (χ3v) is 3.23. The summed E-state index contributed by atoms with van der Waals surface area (Å²) >= 11 is 0. The van der Waals surface area contributed by atoms with Crippen molar-refractivity contribution in [2.45, 2.75) is 64.0 Å². The molecular formula is C13H27NO2. The van der Waals surface area contributed by atoms with Gasteiger partial charge in [-0.25, -0.2) is 0 Å². The van der Waals surface area contributed by atoms with Crippen LogP contribution in [0.3, 0.4) is 0 Å². The van der Waals surface area contributed by atoms with Gasteiger partial charge in [0.25, 0.3) is 0 Å². The molecule has 1 aliphatic rings. The Morgan fingerprint density at radius 3 is 2.25 bits per heavy atom. The minimum Gasteiger partial charge on any atom is -0.396 e. The Labute approximate surface area is 99.6 Å². The highest BCUT2D eigenvalue weighted by molar-refractivity contribution is 4.78. The molecular weight excluding hydrogens is 202 g/mol. The van der Waals surface area contributed by atoms with E-state index in [-0.39, 0.29) is 0 Å². The Balaban J connectivity index is 2.09. The number of aliphatic hydroxyl groups is 1. The zero-order valence-electron chi connectivity index (χ0n) is 10.6. The molecule has 3 nitrogen and oxygen atoms in total. The molecule has 2 atom stereocenters. The van der Waals surface area contributed by atoms with Crippen molar-refractivity contribution in [3.63, 3.8) is 0 Å². The highest BCUT2D eigenvalue weighted by Gasteiger charge is 2.20. The molecule has 0 aliphatic carbocycles. The Kier molecular flexibility index (Phi) is 7.81. The highest BCUT2D eigenvalue weighted by atomic mass is 16.5. The van der Waals surface area contributed by atoms with E-state index < -0.39 is 0 Å². The van der Waals surface area contributed by atoms with Gasteiger partial charge in [-0.2, -0.15) is 0 Å². The van der Waals surface area contributed by atoms with Crippen molar-refractivity contribution in [2.24, 2.45) is 0 Å². The molecule has 96 valence electrons. The Morgan fingerprint density at radius 2 is 1.69 bits per heavy atom. The summed E-state index contributed by atoms with van der Waals surface area (Å²) in [7, 11) is 0. The van der Waals surface area contributed by atoms with Crippen LogP contribution >= 0.6 is 0 Å². The van der Waals surface area contributed by atoms with Crippen LogP contribution in [0, 0.1) is 0 Å². The van der Waals surface area contributed by atoms with Gasteiger partial charge in [-0.15, -0.1) is 0 Å². The second-order valence-corrected chi connectivity index (χ2v) is 4.81. The number of aliphatic hydroxyl groups excluding tert-OH is 1. The van der Waals surface area contributed by atoms with E-state index in [2.05, 4.69) is 12.2 Å². The molecule has 0 aromatic rings. The lowest BCUT2D eigenvalue weighted by atomic mass is 10.0. The van der Waals surface area contributed by atoms with Crippen molar-refractivity contribution >= 4 is 0 Å². The summed E-state index contributed by atoms with van der Waals surface area (Å²) in [5.74, 6) is 0. The highest BCUT2D eigenvalue weighted by Crippen LogP contribution is 2.12. The Bertz CT molecular complexity index is 148. The third-order valence-electron chi connectivity index (χ3n) is 3.23. The summed E-state index contributed by atoms with van der Waals surface area (Å²) in [5, 5.41) is 12.4. The molecule has 0 radical (unpaired) electrons. The monoisotopic (exact) mass is 229 g/mol. The van der Waals surface area contributed by atoms with Gasteiger partial charge in [-0.1, -0.05) is 26.2 Å². The molecule has 0 amide bonds. The second-order valence-electron chi connectivity index (χ2n) is 4.81. The van der Waals surface area contributed by atoms with Crippen molar-refractivity contribution in [3.05, 3.63) is 0 Å². The van der Waals surface area contributed by atoms with Crippen molar-refractivity contribution in [1.29, 1.82) is 0 Å². The lowest BCUT2D eigenvalue weighted by Crippen LogP contribution is -2.48. The van der Waals surface area contributed by atoms with E-state index in [9.17, 15) is 0 Å². The van der Waals surface area contributed by atoms with E-state index in [0.717, 1.165) is 32.5 Å². The topological polar surface area (TPSA) is 41.5 Å². The van der Waals surface area contributed by atoms with Crippen molar-refractivity contribution < 1.29 is 9.84 Å². The zero-order valence-corrected chi connectivity index (χ0v) is 10.6. The Morgan fingerprint density at radius 1 is 1.06 bits per heavy atom. The van der Waals surface area contributed by atoms with Gasteiger partial charge in [-0.3, -0.25) is 0 Å². The largest absolute Gasteiger partial charge is 0.396 e. The minimum atomic E-state index is 0.313. The van der Waals surface area contributed by atoms with Crippen molar-refractivity contribution in [3.8, 4) is 0 Å². The molecule has 16 heavy (non-hydrogen) atoms. The number of unbranched alkanes of at least 4 members (excludes halogenated alkanes) is 3. The maximum Gasteiger partial charge on any atom is 0.0620 e. The molecule has 0 saturated carbocycles. The quantitative estimate of drug-likeness (QED) is 0.626. The van der Waals surface area contributed by atoms with Crippen molar-refractivity contribution in [2.75, 3.05) is 19.8 Å². The summed E-state index contributed by atoms with van der Waals surface area (Å²) in [6.45, 7) is 4.27. The molecule has 0 aromatic carbocycles. The van der Waals surface area contributed by atoms with Crippen LogP contribution in [0.5, 0.6) is 0 Å². The van der Waals surface area contributed by atoms with Gasteiger partial charge in [-0.05, 0) is 25.7 Å². The first-order chi connectivity index (χ1) is 7.86. The molecule has 2 unspecified atom stereocenters. The van der Waals surface area contributed by atoms with E-state index in [1.165, 1.54) is 25.7 Å².